The molecule has 2 heterocycles. The molecule has 2 aromatic rings. The lowest BCUT2D eigenvalue weighted by molar-refractivity contribution is 0.571. The van der Waals surface area contributed by atoms with Crippen molar-refractivity contribution in [2.75, 3.05) is 0 Å². The molecule has 2 aromatic heterocycles. The van der Waals surface area contributed by atoms with Gasteiger partial charge in [0.2, 0.25) is 5.89 Å². The molecule has 0 aliphatic rings. The van der Waals surface area contributed by atoms with Crippen LogP contribution in [0.3, 0.4) is 0 Å². The predicted octanol–water partition coefficient (Wildman–Crippen LogP) is 0.425. The first-order chi connectivity index (χ1) is 5.86. The van der Waals surface area contributed by atoms with Crippen LogP contribution in [0.5, 0.6) is 0 Å². The van der Waals surface area contributed by atoms with Gasteiger partial charge in [0, 0.05) is 6.20 Å². The van der Waals surface area contributed by atoms with Crippen molar-refractivity contribution in [1.82, 2.24) is 15.0 Å². The molecule has 0 spiro atoms. The van der Waals surface area contributed by atoms with Crippen LogP contribution in [-0.4, -0.2) is 15.0 Å². The standard InChI is InChI=1S/C7H5N3O2/c11-7-9-2-1-5(10-7)6-8-3-4-12-6/h1-4H,(H,9,10,11). The van der Waals surface area contributed by atoms with Crippen LogP contribution < -0.4 is 5.69 Å². The third-order valence-electron chi connectivity index (χ3n) is 1.34. The van der Waals surface area contributed by atoms with Gasteiger partial charge in [-0.1, -0.05) is 0 Å². The van der Waals surface area contributed by atoms with E-state index in [1.165, 1.54) is 18.7 Å². The molecule has 0 saturated heterocycles. The second-order valence-electron chi connectivity index (χ2n) is 2.13. The largest absolute Gasteiger partial charge is 0.443 e. The third-order valence-corrected chi connectivity index (χ3v) is 1.34. The van der Waals surface area contributed by atoms with E-state index in [1.54, 1.807) is 6.07 Å². The molecule has 5 heteroatoms. The van der Waals surface area contributed by atoms with Gasteiger partial charge in [0.1, 0.15) is 12.0 Å². The van der Waals surface area contributed by atoms with E-state index in [0.29, 0.717) is 11.6 Å². The Bertz CT molecular complexity index is 418. The summed E-state index contributed by atoms with van der Waals surface area (Å²) >= 11 is 0. The van der Waals surface area contributed by atoms with Crippen LogP contribution >= 0.6 is 0 Å². The van der Waals surface area contributed by atoms with Gasteiger partial charge in [0.15, 0.2) is 0 Å². The molecule has 12 heavy (non-hydrogen) atoms. The van der Waals surface area contributed by atoms with Crippen molar-refractivity contribution in [3.05, 3.63) is 35.2 Å². The van der Waals surface area contributed by atoms with Gasteiger partial charge < -0.3 is 9.40 Å². The van der Waals surface area contributed by atoms with E-state index in [9.17, 15) is 4.79 Å². The molecule has 0 bridgehead atoms. The van der Waals surface area contributed by atoms with E-state index in [4.69, 9.17) is 4.42 Å². The molecule has 0 aliphatic carbocycles. The first-order valence-corrected chi connectivity index (χ1v) is 3.31. The highest BCUT2D eigenvalue weighted by atomic mass is 16.3. The molecule has 0 amide bonds. The van der Waals surface area contributed by atoms with Crippen LogP contribution in [-0.2, 0) is 0 Å². The summed E-state index contributed by atoms with van der Waals surface area (Å²) in [5, 5.41) is 0. The second kappa shape index (κ2) is 2.61. The lowest BCUT2D eigenvalue weighted by Gasteiger charge is -1.91. The number of hydrogen-bond acceptors (Lipinski definition) is 4. The van der Waals surface area contributed by atoms with Crippen molar-refractivity contribution >= 4 is 0 Å². The number of H-pyrrole nitrogens is 1. The highest BCUT2D eigenvalue weighted by Crippen LogP contribution is 2.09. The second-order valence-corrected chi connectivity index (χ2v) is 2.13. The molecule has 60 valence electrons. The van der Waals surface area contributed by atoms with Gasteiger partial charge in [-0.25, -0.2) is 14.8 Å². The van der Waals surface area contributed by atoms with Gasteiger partial charge in [0.05, 0.1) is 6.20 Å². The Labute approximate surface area is 67.1 Å². The fraction of sp³-hybridized carbons (Fsp3) is 0. The van der Waals surface area contributed by atoms with Gasteiger partial charge in [-0.05, 0) is 6.07 Å². The monoisotopic (exact) mass is 163 g/mol. The summed E-state index contributed by atoms with van der Waals surface area (Å²) in [5.41, 5.74) is 0.116. The maximum absolute atomic E-state index is 10.7. The van der Waals surface area contributed by atoms with Crippen LogP contribution in [0.1, 0.15) is 0 Å². The Morgan fingerprint density at radius 1 is 1.33 bits per heavy atom. The Hall–Kier alpha value is -1.91. The molecule has 0 radical (unpaired) electrons. The zero-order valence-corrected chi connectivity index (χ0v) is 6.02. The summed E-state index contributed by atoms with van der Waals surface area (Å²) < 4.78 is 4.97. The van der Waals surface area contributed by atoms with Crippen molar-refractivity contribution in [2.24, 2.45) is 0 Å². The number of hydrogen-bond donors (Lipinski definition) is 1. The average Bonchev–Trinajstić information content (AvgIpc) is 2.56. The van der Waals surface area contributed by atoms with Gasteiger partial charge in [-0.2, -0.15) is 0 Å². The molecule has 0 unspecified atom stereocenters. The predicted molar refractivity (Wildman–Crippen MR) is 40.4 cm³/mol. The Balaban J connectivity index is 2.55. The molecule has 0 fully saturated rings. The fourth-order valence-corrected chi connectivity index (χ4v) is 0.850. The van der Waals surface area contributed by atoms with Crippen molar-refractivity contribution < 1.29 is 4.42 Å². The average molecular weight is 163 g/mol. The molecule has 0 aromatic carbocycles. The highest BCUT2D eigenvalue weighted by Gasteiger charge is 2.01. The van der Waals surface area contributed by atoms with E-state index in [0.717, 1.165) is 0 Å². The van der Waals surface area contributed by atoms with E-state index >= 15 is 0 Å². The molecular weight excluding hydrogens is 158 g/mol. The van der Waals surface area contributed by atoms with Crippen molar-refractivity contribution in [1.29, 1.82) is 0 Å². The Kier molecular flexibility index (Phi) is 1.48. The number of aromatic amines is 1. The first-order valence-electron chi connectivity index (χ1n) is 3.31. The van der Waals surface area contributed by atoms with Crippen molar-refractivity contribution in [2.45, 2.75) is 0 Å². The quantitative estimate of drug-likeness (QED) is 0.661. The van der Waals surface area contributed by atoms with Gasteiger partial charge in [0.25, 0.3) is 0 Å². The van der Waals surface area contributed by atoms with Gasteiger partial charge in [-0.3, -0.25) is 0 Å². The number of nitrogens with zero attached hydrogens (tertiary/aromatic N) is 2. The fourth-order valence-electron chi connectivity index (χ4n) is 0.850. The van der Waals surface area contributed by atoms with E-state index in [1.807, 2.05) is 0 Å². The molecule has 0 atom stereocenters. The summed E-state index contributed by atoms with van der Waals surface area (Å²) in [6.45, 7) is 0. The zero-order valence-electron chi connectivity index (χ0n) is 6.02. The molecule has 0 aliphatic heterocycles. The maximum Gasteiger partial charge on any atom is 0.345 e. The van der Waals surface area contributed by atoms with Gasteiger partial charge >= 0.3 is 5.69 Å². The lowest BCUT2D eigenvalue weighted by atomic mass is 10.4. The number of oxazole rings is 1. The summed E-state index contributed by atoms with van der Waals surface area (Å²) in [7, 11) is 0. The third kappa shape index (κ3) is 1.12. The summed E-state index contributed by atoms with van der Waals surface area (Å²) in [5.74, 6) is 0.384. The summed E-state index contributed by atoms with van der Waals surface area (Å²) in [6, 6.07) is 1.62. The minimum Gasteiger partial charge on any atom is -0.443 e. The summed E-state index contributed by atoms with van der Waals surface area (Å²) in [6.07, 6.45) is 4.35. The zero-order chi connectivity index (χ0) is 8.39. The van der Waals surface area contributed by atoms with E-state index in [-0.39, 0.29) is 0 Å². The van der Waals surface area contributed by atoms with Crippen LogP contribution in [0.15, 0.2) is 33.9 Å². The van der Waals surface area contributed by atoms with Crippen LogP contribution in [0.2, 0.25) is 0 Å². The van der Waals surface area contributed by atoms with Crippen LogP contribution in [0, 0.1) is 0 Å². The summed E-state index contributed by atoms with van der Waals surface area (Å²) in [4.78, 5) is 20.6. The smallest absolute Gasteiger partial charge is 0.345 e. The number of aromatic nitrogens is 3. The first kappa shape index (κ1) is 6.78. The van der Waals surface area contributed by atoms with E-state index in [2.05, 4.69) is 15.0 Å². The Morgan fingerprint density at radius 3 is 2.92 bits per heavy atom. The maximum atomic E-state index is 10.7. The molecule has 0 saturated carbocycles. The van der Waals surface area contributed by atoms with Crippen molar-refractivity contribution in [3.8, 4) is 11.6 Å². The van der Waals surface area contributed by atoms with Crippen LogP contribution in [0.25, 0.3) is 11.6 Å². The molecule has 1 N–H and O–H groups in total. The van der Waals surface area contributed by atoms with Gasteiger partial charge in [-0.15, -0.1) is 0 Å². The molecule has 5 nitrogen and oxygen atoms in total. The van der Waals surface area contributed by atoms with E-state index < -0.39 is 5.69 Å². The normalized spacial score (nSPS) is 10.0. The number of rotatable bonds is 1. The minimum atomic E-state index is -0.411. The Morgan fingerprint density at radius 2 is 2.25 bits per heavy atom. The number of nitrogens with one attached hydrogen (secondary N) is 1. The van der Waals surface area contributed by atoms with Crippen LogP contribution in [0.4, 0.5) is 0 Å². The molecule has 2 rings (SSSR count). The minimum absolute atomic E-state index is 0.384. The highest BCUT2D eigenvalue weighted by molar-refractivity contribution is 5.44. The lowest BCUT2D eigenvalue weighted by Crippen LogP contribution is -2.09. The SMILES string of the molecule is O=c1nccc(-c2ncco2)[nH]1. The molecular formula is C7H5N3O2. The topological polar surface area (TPSA) is 71.8 Å². The van der Waals surface area contributed by atoms with Crippen molar-refractivity contribution in [3.63, 3.8) is 0 Å².